The van der Waals surface area contributed by atoms with Crippen LogP contribution in [0.25, 0.3) is 0 Å². The maximum Gasteiger partial charge on any atom is 0.136 e. The van der Waals surface area contributed by atoms with Gasteiger partial charge in [0.1, 0.15) is 11.5 Å². The minimum absolute atomic E-state index is 0.507. The number of hydrogen-bond acceptors (Lipinski definition) is 4. The summed E-state index contributed by atoms with van der Waals surface area (Å²) in [6, 6.07) is 16.0. The van der Waals surface area contributed by atoms with Crippen LogP contribution in [0.15, 0.2) is 54.2 Å². The van der Waals surface area contributed by atoms with Crippen LogP contribution < -0.4 is 14.8 Å². The molecule has 0 atom stereocenters. The van der Waals surface area contributed by atoms with Gasteiger partial charge in [0.05, 0.1) is 22.9 Å². The summed E-state index contributed by atoms with van der Waals surface area (Å²) in [4.78, 5) is 0. The van der Waals surface area contributed by atoms with Crippen molar-refractivity contribution in [2.24, 2.45) is 0 Å². The van der Waals surface area contributed by atoms with Crippen molar-refractivity contribution in [3.8, 4) is 17.6 Å². The average Bonchev–Trinajstić information content (AvgIpc) is 2.63. The highest BCUT2D eigenvalue weighted by Gasteiger charge is 2.12. The molecule has 0 saturated carbocycles. The Morgan fingerprint density at radius 2 is 1.72 bits per heavy atom. The molecule has 0 bridgehead atoms. The molecule has 25 heavy (non-hydrogen) atoms. The lowest BCUT2D eigenvalue weighted by atomic mass is 10.1. The van der Waals surface area contributed by atoms with Gasteiger partial charge in [0, 0.05) is 23.9 Å². The zero-order valence-corrected chi connectivity index (χ0v) is 16.5. The first kappa shape index (κ1) is 19.1. The third-order valence-electron chi connectivity index (χ3n) is 3.39. The molecule has 4 nitrogen and oxygen atoms in total. The fraction of sp³-hybridized carbons (Fsp3) is 0.250. The number of nitrogens with one attached hydrogen (secondary N) is 1. The minimum Gasteiger partial charge on any atom is -0.493 e. The zero-order valence-electron chi connectivity index (χ0n) is 14.4. The molecule has 0 fully saturated rings. The molecule has 0 saturated heterocycles. The van der Waals surface area contributed by atoms with E-state index in [0.717, 1.165) is 26.3 Å². The molecule has 0 amide bonds. The van der Waals surface area contributed by atoms with E-state index in [9.17, 15) is 5.26 Å². The van der Waals surface area contributed by atoms with Gasteiger partial charge in [-0.2, -0.15) is 5.26 Å². The number of halogens is 1. The highest BCUT2D eigenvalue weighted by Crippen LogP contribution is 2.33. The van der Waals surface area contributed by atoms with Gasteiger partial charge >= 0.3 is 0 Å². The monoisotopic (exact) mass is 448 g/mol. The van der Waals surface area contributed by atoms with Crippen molar-refractivity contribution in [3.05, 3.63) is 63.4 Å². The Morgan fingerprint density at radius 3 is 2.24 bits per heavy atom. The number of benzene rings is 2. The highest BCUT2D eigenvalue weighted by atomic mass is 127. The molecule has 1 N–H and O–H groups in total. The van der Waals surface area contributed by atoms with Crippen LogP contribution >= 0.6 is 22.6 Å². The van der Waals surface area contributed by atoms with Crippen molar-refractivity contribution in [3.63, 3.8) is 0 Å². The third kappa shape index (κ3) is 5.68. The summed E-state index contributed by atoms with van der Waals surface area (Å²) in [7, 11) is 0. The first-order chi connectivity index (χ1) is 12.2. The van der Waals surface area contributed by atoms with E-state index >= 15 is 0 Å². The van der Waals surface area contributed by atoms with Crippen LogP contribution in [0.5, 0.6) is 11.5 Å². The molecule has 0 unspecified atom stereocenters. The van der Waals surface area contributed by atoms with Crippen LogP contribution in [-0.4, -0.2) is 13.2 Å². The van der Waals surface area contributed by atoms with Gasteiger partial charge < -0.3 is 14.8 Å². The van der Waals surface area contributed by atoms with Crippen molar-refractivity contribution in [2.45, 2.75) is 20.3 Å². The lowest BCUT2D eigenvalue weighted by Crippen LogP contribution is -2.02. The van der Waals surface area contributed by atoms with E-state index in [1.807, 2.05) is 56.3 Å². The van der Waals surface area contributed by atoms with E-state index in [1.54, 1.807) is 6.20 Å². The fourth-order valence-corrected chi connectivity index (χ4v) is 2.92. The van der Waals surface area contributed by atoms with Crippen molar-refractivity contribution in [2.75, 3.05) is 18.5 Å². The first-order valence-corrected chi connectivity index (χ1v) is 9.24. The summed E-state index contributed by atoms with van der Waals surface area (Å²) in [6.45, 7) is 5.07. The minimum atomic E-state index is 0.507. The molecule has 130 valence electrons. The molecule has 0 radical (unpaired) electrons. The summed E-state index contributed by atoms with van der Waals surface area (Å²) < 4.78 is 12.4. The van der Waals surface area contributed by atoms with Crippen molar-refractivity contribution < 1.29 is 9.47 Å². The maximum atomic E-state index is 9.44. The second-order valence-corrected chi connectivity index (χ2v) is 6.32. The molecule has 0 spiro atoms. The quantitative estimate of drug-likeness (QED) is 0.448. The lowest BCUT2D eigenvalue weighted by molar-refractivity contribution is 0.318. The predicted octanol–water partition coefficient (Wildman–Crippen LogP) is 5.15. The maximum absolute atomic E-state index is 9.44. The van der Waals surface area contributed by atoms with Gasteiger partial charge in [-0.05, 0) is 66.3 Å². The van der Waals surface area contributed by atoms with E-state index in [4.69, 9.17) is 9.47 Å². The fourth-order valence-electron chi connectivity index (χ4n) is 2.30. The summed E-state index contributed by atoms with van der Waals surface area (Å²) >= 11 is 2.23. The predicted molar refractivity (Wildman–Crippen MR) is 109 cm³/mol. The van der Waals surface area contributed by atoms with Gasteiger partial charge in [0.25, 0.3) is 0 Å². The molecule has 0 aliphatic heterocycles. The van der Waals surface area contributed by atoms with Gasteiger partial charge in [-0.3, -0.25) is 0 Å². The van der Waals surface area contributed by atoms with Gasteiger partial charge in [0.2, 0.25) is 0 Å². The first-order valence-electron chi connectivity index (χ1n) is 8.16. The molecule has 0 aliphatic rings. The number of hydrogen-bond donors (Lipinski definition) is 1. The van der Waals surface area contributed by atoms with Crippen molar-refractivity contribution in [1.29, 1.82) is 5.26 Å². The van der Waals surface area contributed by atoms with Crippen LogP contribution in [0.4, 0.5) is 5.69 Å². The summed E-state index contributed by atoms with van der Waals surface area (Å²) in [6.07, 6.45) is 2.25. The van der Waals surface area contributed by atoms with Crippen LogP contribution in [0, 0.1) is 14.9 Å². The van der Waals surface area contributed by atoms with Gasteiger partial charge in [-0.25, -0.2) is 0 Å². The van der Waals surface area contributed by atoms with Gasteiger partial charge in [0.15, 0.2) is 0 Å². The molecule has 2 aromatic carbocycles. The number of allylic oxidation sites excluding steroid dienone is 1. The second kappa shape index (κ2) is 9.94. The van der Waals surface area contributed by atoms with E-state index in [-0.39, 0.29) is 0 Å². The van der Waals surface area contributed by atoms with E-state index in [2.05, 4.69) is 34.0 Å². The lowest BCUT2D eigenvalue weighted by Gasteiger charge is -2.14. The van der Waals surface area contributed by atoms with Crippen LogP contribution in [0.3, 0.4) is 0 Å². The molecular weight excluding hydrogens is 427 g/mol. The number of ether oxygens (including phenoxy) is 2. The Labute approximate surface area is 162 Å². The zero-order chi connectivity index (χ0) is 18.1. The molecule has 0 heterocycles. The Balaban J connectivity index is 2.22. The van der Waals surface area contributed by atoms with Gasteiger partial charge in [-0.15, -0.1) is 0 Å². The molecule has 2 aromatic rings. The number of rotatable bonds is 8. The number of nitriles is 1. The number of anilines is 1. The largest absolute Gasteiger partial charge is 0.493 e. The Bertz CT molecular complexity index is 740. The topological polar surface area (TPSA) is 54.3 Å². The SMILES string of the molecule is CCOc1cc(C/C(C#N)=C/Nc2ccccc2)cc(OCC)c1I. The highest BCUT2D eigenvalue weighted by molar-refractivity contribution is 14.1. The Hall–Kier alpha value is -2.20. The molecule has 0 aliphatic carbocycles. The normalized spacial score (nSPS) is 10.9. The van der Waals surface area contributed by atoms with Crippen LogP contribution in [-0.2, 0) is 6.42 Å². The van der Waals surface area contributed by atoms with Gasteiger partial charge in [-0.1, -0.05) is 18.2 Å². The summed E-state index contributed by atoms with van der Waals surface area (Å²) in [5, 5.41) is 12.6. The van der Waals surface area contributed by atoms with E-state index < -0.39 is 0 Å². The summed E-state index contributed by atoms with van der Waals surface area (Å²) in [5.41, 5.74) is 2.56. The molecular formula is C20H21IN2O2. The average molecular weight is 448 g/mol. The van der Waals surface area contributed by atoms with E-state index in [1.165, 1.54) is 0 Å². The number of para-hydroxylation sites is 1. The number of nitrogens with zero attached hydrogens (tertiary/aromatic N) is 1. The van der Waals surface area contributed by atoms with Crippen LogP contribution in [0.2, 0.25) is 0 Å². The van der Waals surface area contributed by atoms with Crippen LogP contribution in [0.1, 0.15) is 19.4 Å². The van der Waals surface area contributed by atoms with Crippen molar-refractivity contribution >= 4 is 28.3 Å². The Morgan fingerprint density at radius 1 is 1.12 bits per heavy atom. The van der Waals surface area contributed by atoms with E-state index in [0.29, 0.717) is 25.2 Å². The third-order valence-corrected chi connectivity index (χ3v) is 4.45. The molecule has 5 heteroatoms. The Kier molecular flexibility index (Phi) is 7.61. The smallest absolute Gasteiger partial charge is 0.136 e. The summed E-state index contributed by atoms with van der Waals surface area (Å²) in [5.74, 6) is 1.58. The second-order valence-electron chi connectivity index (χ2n) is 5.24. The molecule has 0 aromatic heterocycles. The standard InChI is InChI=1S/C20H21IN2O2/c1-3-24-18-11-15(12-19(20(18)21)25-4-2)10-16(13-22)14-23-17-8-6-5-7-9-17/h5-9,11-12,14,23H,3-4,10H2,1-2H3/b16-14-. The van der Waals surface area contributed by atoms with Crippen molar-refractivity contribution in [1.82, 2.24) is 0 Å². The molecule has 2 rings (SSSR count).